The first kappa shape index (κ1) is 21.5. The molecular weight excluding hydrogens is 428 g/mol. The summed E-state index contributed by atoms with van der Waals surface area (Å²) in [5.74, 6) is 0.658. The molecule has 32 heavy (non-hydrogen) atoms. The molecule has 0 radical (unpaired) electrons. The fraction of sp³-hybridized carbons (Fsp3) is 0.321. The van der Waals surface area contributed by atoms with Crippen LogP contribution in [0.4, 0.5) is 5.69 Å². The first-order valence-corrected chi connectivity index (χ1v) is 13.3. The number of aryl methyl sites for hydroxylation is 1. The van der Waals surface area contributed by atoms with Crippen LogP contribution in [-0.4, -0.2) is 6.54 Å². The maximum absolute atomic E-state index is 2.46. The number of aromatic nitrogens is 1. The van der Waals surface area contributed by atoms with Crippen molar-refractivity contribution in [3.63, 3.8) is 0 Å². The van der Waals surface area contributed by atoms with E-state index in [0.717, 1.165) is 25.9 Å². The molecule has 0 fully saturated rings. The third kappa shape index (κ3) is 3.84. The SMILES string of the molecule is CCN1C(=CC2=C(C)C(=Cc3sc4ccccc4[n+]3CC)CC(C)C2)Sc2ccccc21. The highest BCUT2D eigenvalue weighted by atomic mass is 32.2. The zero-order valence-corrected chi connectivity index (χ0v) is 21.0. The summed E-state index contributed by atoms with van der Waals surface area (Å²) >= 11 is 3.82. The largest absolute Gasteiger partial charge is 0.335 e. The molecule has 2 nitrogen and oxygen atoms in total. The van der Waals surface area contributed by atoms with Crippen molar-refractivity contribution in [3.8, 4) is 0 Å². The van der Waals surface area contributed by atoms with Gasteiger partial charge in [0.05, 0.1) is 10.7 Å². The monoisotopic (exact) mass is 459 g/mol. The van der Waals surface area contributed by atoms with Crippen LogP contribution in [0.2, 0.25) is 0 Å². The maximum Gasteiger partial charge on any atom is 0.263 e. The quantitative estimate of drug-likeness (QED) is 0.367. The molecule has 1 aliphatic carbocycles. The Bertz CT molecular complexity index is 1260. The predicted octanol–water partition coefficient (Wildman–Crippen LogP) is 7.81. The first-order chi connectivity index (χ1) is 15.6. The normalized spacial score (nSPS) is 21.2. The van der Waals surface area contributed by atoms with E-state index in [0.29, 0.717) is 5.92 Å². The van der Waals surface area contributed by atoms with Gasteiger partial charge in [-0.05, 0) is 80.5 Å². The van der Waals surface area contributed by atoms with Gasteiger partial charge in [-0.15, -0.1) is 0 Å². The summed E-state index contributed by atoms with van der Waals surface area (Å²) in [6.07, 6.45) is 7.24. The Morgan fingerprint density at radius 2 is 1.81 bits per heavy atom. The van der Waals surface area contributed by atoms with E-state index in [1.807, 2.05) is 23.1 Å². The van der Waals surface area contributed by atoms with Crippen molar-refractivity contribution in [3.05, 3.63) is 81.4 Å². The van der Waals surface area contributed by atoms with Gasteiger partial charge in [0, 0.05) is 23.6 Å². The van der Waals surface area contributed by atoms with Crippen molar-refractivity contribution < 1.29 is 4.57 Å². The second-order valence-corrected chi connectivity index (χ2v) is 10.9. The number of hydrogen-bond donors (Lipinski definition) is 0. The highest BCUT2D eigenvalue weighted by Gasteiger charge is 2.26. The molecule has 0 N–H and O–H groups in total. The Balaban J connectivity index is 1.56. The molecule has 0 saturated heterocycles. The second-order valence-electron chi connectivity index (χ2n) is 8.78. The Morgan fingerprint density at radius 1 is 1.03 bits per heavy atom. The fourth-order valence-corrected chi connectivity index (χ4v) is 7.33. The van der Waals surface area contributed by atoms with Gasteiger partial charge in [0.15, 0.2) is 0 Å². The van der Waals surface area contributed by atoms with E-state index in [4.69, 9.17) is 0 Å². The number of nitrogens with zero attached hydrogens (tertiary/aromatic N) is 2. The average Bonchev–Trinajstić information content (AvgIpc) is 3.33. The molecule has 3 aromatic rings. The van der Waals surface area contributed by atoms with Crippen molar-refractivity contribution in [1.82, 2.24) is 0 Å². The molecule has 1 atom stereocenters. The lowest BCUT2D eigenvalue weighted by Gasteiger charge is -2.25. The molecular formula is C28H31N2S2+. The van der Waals surface area contributed by atoms with Crippen LogP contribution in [0, 0.1) is 5.92 Å². The molecule has 2 heterocycles. The van der Waals surface area contributed by atoms with Crippen molar-refractivity contribution in [2.45, 2.75) is 52.0 Å². The Labute approximate surface area is 200 Å². The minimum absolute atomic E-state index is 0.658. The summed E-state index contributed by atoms with van der Waals surface area (Å²) in [4.78, 5) is 3.83. The van der Waals surface area contributed by atoms with Gasteiger partial charge in [-0.3, -0.25) is 0 Å². The molecule has 5 rings (SSSR count). The standard InChI is InChI=1S/C28H31N2S2/c1-5-29-23-11-7-9-13-25(23)31-27(29)17-21-15-19(3)16-22(20(21)4)18-28-30(6-2)24-12-8-10-14-26(24)32-28/h7-14,17-19H,5-6,15-16H2,1-4H3/q+1. The molecule has 0 saturated carbocycles. The zero-order valence-electron chi connectivity index (χ0n) is 19.4. The van der Waals surface area contributed by atoms with Crippen LogP contribution < -0.4 is 9.47 Å². The predicted molar refractivity (Wildman–Crippen MR) is 140 cm³/mol. The number of benzene rings is 2. The van der Waals surface area contributed by atoms with Gasteiger partial charge >= 0.3 is 0 Å². The zero-order chi connectivity index (χ0) is 22.2. The molecule has 0 spiro atoms. The second kappa shape index (κ2) is 8.92. The van der Waals surface area contributed by atoms with Crippen LogP contribution in [0.1, 0.15) is 45.5 Å². The fourth-order valence-electron chi connectivity index (χ4n) is 4.94. The van der Waals surface area contributed by atoms with Crippen molar-refractivity contribution in [1.29, 1.82) is 0 Å². The first-order valence-electron chi connectivity index (χ1n) is 11.7. The van der Waals surface area contributed by atoms with Crippen LogP contribution in [-0.2, 0) is 6.54 Å². The van der Waals surface area contributed by atoms with E-state index in [9.17, 15) is 0 Å². The maximum atomic E-state index is 2.46. The van der Waals surface area contributed by atoms with Crippen molar-refractivity contribution in [2.24, 2.45) is 5.92 Å². The van der Waals surface area contributed by atoms with Gasteiger partial charge in [0.25, 0.3) is 5.01 Å². The highest BCUT2D eigenvalue weighted by Crippen LogP contribution is 2.47. The number of rotatable bonds is 4. The molecule has 1 aliphatic heterocycles. The molecule has 2 aliphatic rings. The number of thiazole rings is 1. The Hall–Kier alpha value is -2.30. The number of fused-ring (bicyclic) bond motifs is 2. The van der Waals surface area contributed by atoms with E-state index in [1.165, 1.54) is 47.6 Å². The molecule has 1 unspecified atom stereocenters. The summed E-state index contributed by atoms with van der Waals surface area (Å²) in [7, 11) is 0. The van der Waals surface area contributed by atoms with Gasteiger partial charge in [0.2, 0.25) is 5.52 Å². The minimum atomic E-state index is 0.658. The van der Waals surface area contributed by atoms with Crippen LogP contribution in [0.3, 0.4) is 0 Å². The lowest BCUT2D eigenvalue weighted by molar-refractivity contribution is -0.665. The third-order valence-corrected chi connectivity index (χ3v) is 8.83. The minimum Gasteiger partial charge on any atom is -0.335 e. The number of para-hydroxylation sites is 2. The Kier molecular flexibility index (Phi) is 6.00. The van der Waals surface area contributed by atoms with Crippen molar-refractivity contribution >= 4 is 45.1 Å². The summed E-state index contributed by atoms with van der Waals surface area (Å²) in [6.45, 7) is 11.2. The van der Waals surface area contributed by atoms with Crippen LogP contribution in [0.25, 0.3) is 16.3 Å². The van der Waals surface area contributed by atoms with E-state index in [2.05, 4.69) is 97.8 Å². The van der Waals surface area contributed by atoms with Gasteiger partial charge in [0.1, 0.15) is 11.2 Å². The van der Waals surface area contributed by atoms with Gasteiger partial charge < -0.3 is 4.90 Å². The van der Waals surface area contributed by atoms with E-state index in [-0.39, 0.29) is 0 Å². The summed E-state index contributed by atoms with van der Waals surface area (Å²) in [5, 5.41) is 2.73. The smallest absolute Gasteiger partial charge is 0.263 e. The topological polar surface area (TPSA) is 7.12 Å². The van der Waals surface area contributed by atoms with Crippen LogP contribution in [0.5, 0.6) is 0 Å². The van der Waals surface area contributed by atoms with E-state index >= 15 is 0 Å². The molecule has 2 aromatic carbocycles. The molecule has 164 valence electrons. The van der Waals surface area contributed by atoms with Crippen molar-refractivity contribution in [2.75, 3.05) is 11.4 Å². The molecule has 0 bridgehead atoms. The van der Waals surface area contributed by atoms with E-state index < -0.39 is 0 Å². The summed E-state index contributed by atoms with van der Waals surface area (Å²) in [5.41, 5.74) is 7.14. The number of allylic oxidation sites excluding steroid dienone is 4. The number of hydrogen-bond acceptors (Lipinski definition) is 3. The molecule has 0 amide bonds. The summed E-state index contributed by atoms with van der Waals surface area (Å²) < 4.78 is 3.83. The molecule has 4 heteroatoms. The Morgan fingerprint density at radius 3 is 2.62 bits per heavy atom. The van der Waals surface area contributed by atoms with Gasteiger partial charge in [-0.1, -0.05) is 54.3 Å². The van der Waals surface area contributed by atoms with Crippen LogP contribution >= 0.6 is 23.1 Å². The highest BCUT2D eigenvalue weighted by molar-refractivity contribution is 8.03. The number of anilines is 1. The van der Waals surface area contributed by atoms with Gasteiger partial charge in [-0.2, -0.15) is 4.57 Å². The summed E-state index contributed by atoms with van der Waals surface area (Å²) in [6, 6.07) is 17.5. The van der Waals surface area contributed by atoms with Crippen LogP contribution in [0.15, 0.2) is 81.3 Å². The lowest BCUT2D eigenvalue weighted by atomic mass is 9.81. The van der Waals surface area contributed by atoms with E-state index in [1.54, 1.807) is 0 Å². The average molecular weight is 460 g/mol. The number of thioether (sulfide) groups is 1. The van der Waals surface area contributed by atoms with Gasteiger partial charge in [-0.25, -0.2) is 0 Å². The lowest BCUT2D eigenvalue weighted by Crippen LogP contribution is -2.33. The molecule has 1 aromatic heterocycles. The third-order valence-electron chi connectivity index (χ3n) is 6.60.